The van der Waals surface area contributed by atoms with Gasteiger partial charge in [-0.05, 0) is 49.4 Å². The van der Waals surface area contributed by atoms with Gasteiger partial charge < -0.3 is 5.32 Å². The molecule has 1 N–H and O–H groups in total. The van der Waals surface area contributed by atoms with Gasteiger partial charge in [0.15, 0.2) is 5.65 Å². The highest BCUT2D eigenvalue weighted by Gasteiger charge is 2.12. The summed E-state index contributed by atoms with van der Waals surface area (Å²) < 4.78 is 1.89. The van der Waals surface area contributed by atoms with Gasteiger partial charge in [-0.2, -0.15) is 9.61 Å². The van der Waals surface area contributed by atoms with Crippen LogP contribution in [0.25, 0.3) is 22.5 Å². The summed E-state index contributed by atoms with van der Waals surface area (Å²) in [5.41, 5.74) is 10.2. The van der Waals surface area contributed by atoms with Crippen LogP contribution in [0.1, 0.15) is 41.7 Å². The number of fused-ring (bicyclic) bond motifs is 1. The third-order valence-corrected chi connectivity index (χ3v) is 6.21. The summed E-state index contributed by atoms with van der Waals surface area (Å²) in [5.74, 6) is 0.952. The lowest BCUT2D eigenvalue weighted by Crippen LogP contribution is -2.07. The summed E-state index contributed by atoms with van der Waals surface area (Å²) in [6.07, 6.45) is 10.9. The minimum atomic E-state index is 0.749. The van der Waals surface area contributed by atoms with Crippen molar-refractivity contribution in [2.24, 2.45) is 0 Å². The van der Waals surface area contributed by atoms with Crippen molar-refractivity contribution in [1.82, 2.24) is 14.6 Å². The van der Waals surface area contributed by atoms with E-state index in [4.69, 9.17) is 4.98 Å². The van der Waals surface area contributed by atoms with Crippen LogP contribution in [-0.2, 0) is 13.0 Å². The molecule has 0 amide bonds. The first-order chi connectivity index (χ1) is 18.5. The number of nitrogens with zero attached hydrogens (tertiary/aromatic N) is 3. The zero-order valence-electron chi connectivity index (χ0n) is 22.8. The van der Waals surface area contributed by atoms with Crippen LogP contribution in [0.5, 0.6) is 0 Å². The second-order valence-corrected chi connectivity index (χ2v) is 9.08. The topological polar surface area (TPSA) is 42.2 Å². The summed E-state index contributed by atoms with van der Waals surface area (Å²) in [5, 5.41) is 8.07. The number of allylic oxidation sites excluding steroid dienone is 1. The predicted octanol–water partition coefficient (Wildman–Crippen LogP) is 8.16. The maximum Gasteiger partial charge on any atom is 0.160 e. The third-order valence-electron chi connectivity index (χ3n) is 6.21. The molecule has 2 heterocycles. The first-order valence-corrected chi connectivity index (χ1v) is 12.7. The standard InChI is InChI=1S/C23H24N4.C9H10.C2H2/c1-4-18-9-7-10-19(12-18)15-24-22-13-21(20-11-6-5-8-16(20)2)26-23-17(3)14-25-27(22)23;1-8(2)9-6-4-3-5-7-9;1-2/h5-14,24H,4,15H2,1-3H3;3-7H,1H2,2H3;1-2H. The van der Waals surface area contributed by atoms with Crippen LogP contribution in [0.15, 0.2) is 97.7 Å². The van der Waals surface area contributed by atoms with E-state index in [2.05, 4.69) is 110 Å². The monoisotopic (exact) mass is 500 g/mol. The number of benzene rings is 3. The molecule has 5 aromatic rings. The highest BCUT2D eigenvalue weighted by Crippen LogP contribution is 2.26. The van der Waals surface area contributed by atoms with Gasteiger partial charge in [0, 0.05) is 23.7 Å². The maximum absolute atomic E-state index is 4.87. The molecule has 4 heteroatoms. The van der Waals surface area contributed by atoms with Gasteiger partial charge in [0.25, 0.3) is 0 Å². The van der Waals surface area contributed by atoms with Crippen molar-refractivity contribution in [3.63, 3.8) is 0 Å². The van der Waals surface area contributed by atoms with Gasteiger partial charge in [-0.3, -0.25) is 0 Å². The van der Waals surface area contributed by atoms with Gasteiger partial charge in [0.05, 0.1) is 11.9 Å². The fourth-order valence-electron chi connectivity index (χ4n) is 4.07. The molecule has 0 fully saturated rings. The highest BCUT2D eigenvalue weighted by molar-refractivity contribution is 5.70. The van der Waals surface area contributed by atoms with E-state index in [1.807, 2.05) is 42.8 Å². The van der Waals surface area contributed by atoms with Crippen LogP contribution in [0.3, 0.4) is 0 Å². The Morgan fingerprint density at radius 2 is 1.55 bits per heavy atom. The number of hydrogen-bond donors (Lipinski definition) is 1. The maximum atomic E-state index is 4.87. The Morgan fingerprint density at radius 1 is 0.868 bits per heavy atom. The number of hydrogen-bond acceptors (Lipinski definition) is 3. The van der Waals surface area contributed by atoms with Gasteiger partial charge in [0.2, 0.25) is 0 Å². The molecule has 0 aliphatic heterocycles. The Balaban J connectivity index is 0.000000307. The van der Waals surface area contributed by atoms with E-state index in [1.165, 1.54) is 22.3 Å². The third kappa shape index (κ3) is 6.99. The number of nitrogens with one attached hydrogen (secondary N) is 1. The van der Waals surface area contributed by atoms with Gasteiger partial charge in [0.1, 0.15) is 5.82 Å². The van der Waals surface area contributed by atoms with Crippen LogP contribution in [0, 0.1) is 26.7 Å². The quantitative estimate of drug-likeness (QED) is 0.239. The Bertz CT molecular complexity index is 1510. The van der Waals surface area contributed by atoms with E-state index < -0.39 is 0 Å². The minimum absolute atomic E-state index is 0.749. The average Bonchev–Trinajstić information content (AvgIpc) is 3.34. The Labute approximate surface area is 227 Å². The van der Waals surface area contributed by atoms with Crippen molar-refractivity contribution in [1.29, 1.82) is 0 Å². The lowest BCUT2D eigenvalue weighted by molar-refractivity contribution is 0.926. The van der Waals surface area contributed by atoms with Crippen molar-refractivity contribution in [3.8, 4) is 24.1 Å². The smallest absolute Gasteiger partial charge is 0.160 e. The fourth-order valence-corrected chi connectivity index (χ4v) is 4.07. The number of aromatic nitrogens is 3. The van der Waals surface area contributed by atoms with E-state index in [0.29, 0.717) is 0 Å². The molecule has 0 aliphatic rings. The fraction of sp³-hybridized carbons (Fsp3) is 0.176. The van der Waals surface area contributed by atoms with Crippen molar-refractivity contribution >= 4 is 17.0 Å². The molecule has 38 heavy (non-hydrogen) atoms. The molecule has 0 saturated carbocycles. The zero-order valence-corrected chi connectivity index (χ0v) is 22.8. The molecule has 2 aromatic heterocycles. The first-order valence-electron chi connectivity index (χ1n) is 12.7. The van der Waals surface area contributed by atoms with E-state index in [1.54, 1.807) is 0 Å². The minimum Gasteiger partial charge on any atom is -0.366 e. The summed E-state index contributed by atoms with van der Waals surface area (Å²) in [6.45, 7) is 12.9. The molecule has 5 rings (SSSR count). The Morgan fingerprint density at radius 3 is 2.21 bits per heavy atom. The lowest BCUT2D eigenvalue weighted by Gasteiger charge is -2.12. The molecule has 4 nitrogen and oxygen atoms in total. The van der Waals surface area contributed by atoms with E-state index in [9.17, 15) is 0 Å². The van der Waals surface area contributed by atoms with Crippen molar-refractivity contribution in [3.05, 3.63) is 126 Å². The second kappa shape index (κ2) is 13.6. The molecule has 3 aromatic carbocycles. The molecular weight excluding hydrogens is 464 g/mol. The highest BCUT2D eigenvalue weighted by atomic mass is 15.3. The van der Waals surface area contributed by atoms with Crippen molar-refractivity contribution < 1.29 is 0 Å². The van der Waals surface area contributed by atoms with Crippen LogP contribution in [0.4, 0.5) is 5.82 Å². The van der Waals surface area contributed by atoms with Gasteiger partial charge >= 0.3 is 0 Å². The van der Waals surface area contributed by atoms with Crippen molar-refractivity contribution in [2.75, 3.05) is 5.32 Å². The van der Waals surface area contributed by atoms with Crippen LogP contribution in [0.2, 0.25) is 0 Å². The Kier molecular flexibility index (Phi) is 10.0. The Hall–Kier alpha value is -4.62. The van der Waals surface area contributed by atoms with E-state index in [-0.39, 0.29) is 0 Å². The zero-order chi connectivity index (χ0) is 27.5. The molecule has 0 unspecified atom stereocenters. The molecule has 0 saturated heterocycles. The van der Waals surface area contributed by atoms with E-state index >= 15 is 0 Å². The normalized spacial score (nSPS) is 10.1. The molecule has 0 spiro atoms. The summed E-state index contributed by atoms with van der Waals surface area (Å²) in [7, 11) is 0. The molecule has 0 atom stereocenters. The SMILES string of the molecule is C#C.C=C(C)c1ccccc1.CCc1cccc(CNc2cc(-c3ccccc3C)nc3c(C)cnn23)c1. The molecule has 0 aliphatic carbocycles. The number of terminal acetylenes is 1. The van der Waals surface area contributed by atoms with E-state index in [0.717, 1.165) is 46.8 Å². The number of aryl methyl sites for hydroxylation is 3. The van der Waals surface area contributed by atoms with Crippen molar-refractivity contribution in [2.45, 2.75) is 40.7 Å². The number of rotatable bonds is 6. The largest absolute Gasteiger partial charge is 0.366 e. The average molecular weight is 501 g/mol. The van der Waals surface area contributed by atoms with Crippen LogP contribution in [-0.4, -0.2) is 14.6 Å². The molecule has 0 bridgehead atoms. The lowest BCUT2D eigenvalue weighted by atomic mass is 10.1. The summed E-state index contributed by atoms with van der Waals surface area (Å²) >= 11 is 0. The van der Waals surface area contributed by atoms with Gasteiger partial charge in [-0.15, -0.1) is 12.8 Å². The van der Waals surface area contributed by atoms with Gasteiger partial charge in [-0.25, -0.2) is 4.98 Å². The number of anilines is 1. The van der Waals surface area contributed by atoms with Crippen LogP contribution < -0.4 is 5.32 Å². The second-order valence-electron chi connectivity index (χ2n) is 9.08. The molecule has 192 valence electrons. The van der Waals surface area contributed by atoms with Crippen LogP contribution >= 0.6 is 0 Å². The summed E-state index contributed by atoms with van der Waals surface area (Å²) in [6, 6.07) is 29.3. The first kappa shape index (κ1) is 28.0. The molecular formula is C34H36N4. The summed E-state index contributed by atoms with van der Waals surface area (Å²) in [4.78, 5) is 4.87. The molecule has 0 radical (unpaired) electrons. The predicted molar refractivity (Wildman–Crippen MR) is 162 cm³/mol. The van der Waals surface area contributed by atoms with Gasteiger partial charge in [-0.1, -0.05) is 97.9 Å².